The van der Waals surface area contributed by atoms with Crippen molar-refractivity contribution in [2.45, 2.75) is 45.4 Å². The molecule has 0 atom stereocenters. The van der Waals surface area contributed by atoms with E-state index in [9.17, 15) is 9.18 Å². The van der Waals surface area contributed by atoms with Crippen LogP contribution in [0.3, 0.4) is 0 Å². The zero-order chi connectivity index (χ0) is 12.2. The second-order valence-corrected chi connectivity index (χ2v) is 5.13. The Morgan fingerprint density at radius 3 is 2.50 bits per heavy atom. The number of amides is 1. The maximum atomic E-state index is 12.8. The molecule has 0 bridgehead atoms. The van der Waals surface area contributed by atoms with Gasteiger partial charge in [-0.25, -0.2) is 9.18 Å². The number of carbonyl (C=O) groups excluding carboxylic acids is 1. The Morgan fingerprint density at radius 2 is 2.00 bits per heavy atom. The number of rotatable bonds is 2. The quantitative estimate of drug-likeness (QED) is 0.790. The van der Waals surface area contributed by atoms with Crippen molar-refractivity contribution >= 4 is 6.09 Å². The van der Waals surface area contributed by atoms with Gasteiger partial charge in [-0.2, -0.15) is 0 Å². The molecule has 1 rings (SSSR count). The Bertz CT molecular complexity index is 233. The van der Waals surface area contributed by atoms with E-state index in [4.69, 9.17) is 4.74 Å². The first-order chi connectivity index (χ1) is 7.37. The molecule has 1 amide bonds. The lowest BCUT2D eigenvalue weighted by atomic mass is 10.1. The predicted octanol–water partition coefficient (Wildman–Crippen LogP) is 1.90. The molecule has 0 spiro atoms. The van der Waals surface area contributed by atoms with Crippen LogP contribution in [-0.4, -0.2) is 42.5 Å². The number of hydrogen-bond donors (Lipinski definition) is 1. The first-order valence-corrected chi connectivity index (χ1v) is 5.70. The minimum absolute atomic E-state index is 0.421. The predicted molar refractivity (Wildman–Crippen MR) is 59.9 cm³/mol. The fourth-order valence-corrected chi connectivity index (χ4v) is 1.55. The van der Waals surface area contributed by atoms with E-state index in [1.54, 1.807) is 0 Å². The monoisotopic (exact) mass is 232 g/mol. The van der Waals surface area contributed by atoms with Crippen LogP contribution < -0.4 is 5.32 Å². The van der Waals surface area contributed by atoms with Crippen LogP contribution >= 0.6 is 0 Å². The number of hydrogen-bond acceptors (Lipinski definition) is 3. The van der Waals surface area contributed by atoms with Crippen molar-refractivity contribution in [2.24, 2.45) is 0 Å². The second kappa shape index (κ2) is 5.48. The van der Waals surface area contributed by atoms with Crippen LogP contribution in [0.15, 0.2) is 0 Å². The van der Waals surface area contributed by atoms with Crippen molar-refractivity contribution in [1.82, 2.24) is 10.2 Å². The average Bonchev–Trinajstić information content (AvgIpc) is 2.14. The lowest BCUT2D eigenvalue weighted by Crippen LogP contribution is -2.44. The van der Waals surface area contributed by atoms with Crippen LogP contribution in [0.1, 0.15) is 33.6 Å². The molecule has 0 aliphatic carbocycles. The molecule has 1 aliphatic heterocycles. The number of nitrogens with one attached hydrogen (secondary N) is 1. The fourth-order valence-electron chi connectivity index (χ4n) is 1.55. The smallest absolute Gasteiger partial charge is 0.408 e. The van der Waals surface area contributed by atoms with Gasteiger partial charge in [0.05, 0.1) is 6.67 Å². The average molecular weight is 232 g/mol. The largest absolute Gasteiger partial charge is 0.444 e. The normalized spacial score (nSPS) is 19.5. The standard InChI is InChI=1S/C11H21FN2O2/c1-11(2,3)16-10(15)13-8-14-6-4-9(12)5-7-14/h9H,4-8H2,1-3H3,(H,13,15). The molecule has 1 saturated heterocycles. The molecular formula is C11H21FN2O2. The van der Waals surface area contributed by atoms with E-state index in [0.29, 0.717) is 32.6 Å². The van der Waals surface area contributed by atoms with E-state index < -0.39 is 17.9 Å². The van der Waals surface area contributed by atoms with Gasteiger partial charge in [0.25, 0.3) is 0 Å². The Balaban J connectivity index is 2.17. The molecule has 1 aliphatic rings. The van der Waals surface area contributed by atoms with Crippen LogP contribution in [0.4, 0.5) is 9.18 Å². The molecule has 1 N–H and O–H groups in total. The van der Waals surface area contributed by atoms with Crippen molar-refractivity contribution in [3.05, 3.63) is 0 Å². The van der Waals surface area contributed by atoms with Crippen molar-refractivity contribution < 1.29 is 13.9 Å². The number of ether oxygens (including phenoxy) is 1. The van der Waals surface area contributed by atoms with E-state index in [0.717, 1.165) is 0 Å². The van der Waals surface area contributed by atoms with E-state index in [1.807, 2.05) is 25.7 Å². The minimum atomic E-state index is -0.683. The topological polar surface area (TPSA) is 41.6 Å². The first kappa shape index (κ1) is 13.2. The zero-order valence-electron chi connectivity index (χ0n) is 10.3. The molecule has 5 heteroatoms. The number of alkyl halides is 1. The van der Waals surface area contributed by atoms with Gasteiger partial charge in [-0.1, -0.05) is 0 Å². The Kier molecular flexibility index (Phi) is 4.53. The lowest BCUT2D eigenvalue weighted by molar-refractivity contribution is 0.0472. The molecule has 94 valence electrons. The van der Waals surface area contributed by atoms with Gasteiger partial charge >= 0.3 is 6.09 Å². The summed E-state index contributed by atoms with van der Waals surface area (Å²) in [7, 11) is 0. The SMILES string of the molecule is CC(C)(C)OC(=O)NCN1CCC(F)CC1. The maximum absolute atomic E-state index is 12.8. The van der Waals surface area contributed by atoms with Gasteiger partial charge in [0.15, 0.2) is 0 Å². The van der Waals surface area contributed by atoms with Gasteiger partial charge in [0, 0.05) is 13.1 Å². The third kappa shape index (κ3) is 5.30. The third-order valence-corrected chi connectivity index (χ3v) is 2.36. The molecule has 0 aromatic heterocycles. The van der Waals surface area contributed by atoms with E-state index >= 15 is 0 Å². The summed E-state index contributed by atoms with van der Waals surface area (Å²) in [6, 6.07) is 0. The van der Waals surface area contributed by atoms with Gasteiger partial charge in [0.1, 0.15) is 11.8 Å². The summed E-state index contributed by atoms with van der Waals surface area (Å²) in [5.74, 6) is 0. The van der Waals surface area contributed by atoms with E-state index in [2.05, 4.69) is 5.32 Å². The molecule has 0 saturated carbocycles. The number of carbonyl (C=O) groups is 1. The summed E-state index contributed by atoms with van der Waals surface area (Å²) in [6.45, 7) is 7.28. The van der Waals surface area contributed by atoms with Crippen LogP contribution in [0.5, 0.6) is 0 Å². The van der Waals surface area contributed by atoms with Crippen molar-refractivity contribution in [1.29, 1.82) is 0 Å². The van der Waals surface area contributed by atoms with Gasteiger partial charge in [0.2, 0.25) is 0 Å². The maximum Gasteiger partial charge on any atom is 0.408 e. The highest BCUT2D eigenvalue weighted by Crippen LogP contribution is 2.12. The number of alkyl carbamates (subject to hydrolysis) is 1. The summed E-state index contributed by atoms with van der Waals surface area (Å²) in [5.41, 5.74) is -0.476. The molecule has 4 nitrogen and oxygen atoms in total. The summed E-state index contributed by atoms with van der Waals surface area (Å²) in [6.07, 6.45) is -0.000858. The van der Waals surface area contributed by atoms with Crippen molar-refractivity contribution in [3.8, 4) is 0 Å². The summed E-state index contributed by atoms with van der Waals surface area (Å²) in [5, 5.41) is 2.67. The number of piperidine rings is 1. The Hall–Kier alpha value is -0.840. The summed E-state index contributed by atoms with van der Waals surface area (Å²) in [4.78, 5) is 13.3. The Labute approximate surface area is 96.1 Å². The first-order valence-electron chi connectivity index (χ1n) is 5.70. The summed E-state index contributed by atoms with van der Waals surface area (Å²) < 4.78 is 17.9. The van der Waals surface area contributed by atoms with Crippen molar-refractivity contribution in [3.63, 3.8) is 0 Å². The van der Waals surface area contributed by atoms with Crippen LogP contribution in [0, 0.1) is 0 Å². The highest BCUT2D eigenvalue weighted by atomic mass is 19.1. The molecule has 16 heavy (non-hydrogen) atoms. The number of nitrogens with zero attached hydrogens (tertiary/aromatic N) is 1. The Morgan fingerprint density at radius 1 is 1.44 bits per heavy atom. The molecule has 0 radical (unpaired) electrons. The van der Waals surface area contributed by atoms with Gasteiger partial charge in [-0.3, -0.25) is 4.90 Å². The molecule has 0 unspecified atom stereocenters. The van der Waals surface area contributed by atoms with E-state index in [-0.39, 0.29) is 0 Å². The highest BCUT2D eigenvalue weighted by Gasteiger charge is 2.20. The van der Waals surface area contributed by atoms with Crippen LogP contribution in [-0.2, 0) is 4.74 Å². The zero-order valence-corrected chi connectivity index (χ0v) is 10.3. The molecule has 0 aromatic rings. The van der Waals surface area contributed by atoms with Gasteiger partial charge in [-0.15, -0.1) is 0 Å². The molecule has 1 heterocycles. The summed E-state index contributed by atoms with van der Waals surface area (Å²) >= 11 is 0. The lowest BCUT2D eigenvalue weighted by Gasteiger charge is -2.29. The van der Waals surface area contributed by atoms with E-state index in [1.165, 1.54) is 0 Å². The van der Waals surface area contributed by atoms with Gasteiger partial charge < -0.3 is 10.1 Å². The fraction of sp³-hybridized carbons (Fsp3) is 0.909. The molecular weight excluding hydrogens is 211 g/mol. The molecule has 0 aromatic carbocycles. The number of likely N-dealkylation sites (tertiary alicyclic amines) is 1. The second-order valence-electron chi connectivity index (χ2n) is 5.13. The van der Waals surface area contributed by atoms with Gasteiger partial charge in [-0.05, 0) is 33.6 Å². The highest BCUT2D eigenvalue weighted by molar-refractivity contribution is 5.67. The number of halogens is 1. The van der Waals surface area contributed by atoms with Crippen LogP contribution in [0.25, 0.3) is 0 Å². The molecule has 1 fully saturated rings. The minimum Gasteiger partial charge on any atom is -0.444 e. The third-order valence-electron chi connectivity index (χ3n) is 2.36. The van der Waals surface area contributed by atoms with Crippen molar-refractivity contribution in [2.75, 3.05) is 19.8 Å². The van der Waals surface area contributed by atoms with Crippen LogP contribution in [0.2, 0.25) is 0 Å².